The van der Waals surface area contributed by atoms with E-state index in [-0.39, 0.29) is 18.5 Å². The number of amides is 1. The van der Waals surface area contributed by atoms with E-state index < -0.39 is 12.1 Å². The molecule has 75 heavy (non-hydrogen) atoms. The van der Waals surface area contributed by atoms with Gasteiger partial charge in [0.05, 0.1) is 25.4 Å². The normalized spacial score (nSPS) is 12.6. The molecule has 0 heterocycles. The van der Waals surface area contributed by atoms with Gasteiger partial charge >= 0.3 is 5.97 Å². The third-order valence-corrected chi connectivity index (χ3v) is 16.0. The molecule has 0 saturated heterocycles. The molecule has 1 amide bonds. The van der Waals surface area contributed by atoms with Gasteiger partial charge in [-0.2, -0.15) is 0 Å². The molecular formula is C69H133NO5. The maximum Gasteiger partial charge on any atom is 0.305 e. The van der Waals surface area contributed by atoms with Crippen LogP contribution in [0.15, 0.2) is 24.3 Å². The van der Waals surface area contributed by atoms with E-state index in [1.165, 1.54) is 302 Å². The van der Waals surface area contributed by atoms with Crippen molar-refractivity contribution in [2.24, 2.45) is 0 Å². The van der Waals surface area contributed by atoms with E-state index in [0.29, 0.717) is 25.9 Å². The lowest BCUT2D eigenvalue weighted by Crippen LogP contribution is -2.45. The Labute approximate surface area is 469 Å². The van der Waals surface area contributed by atoms with E-state index in [0.717, 1.165) is 44.9 Å². The summed E-state index contributed by atoms with van der Waals surface area (Å²) in [5, 5.41) is 23.4. The maximum atomic E-state index is 12.5. The molecule has 0 saturated carbocycles. The molecule has 0 aliphatic heterocycles. The highest BCUT2D eigenvalue weighted by molar-refractivity contribution is 5.76. The Morgan fingerprint density at radius 3 is 0.947 bits per heavy atom. The van der Waals surface area contributed by atoms with Gasteiger partial charge in [-0.1, -0.05) is 314 Å². The summed E-state index contributed by atoms with van der Waals surface area (Å²) in [6, 6.07) is -0.548. The van der Waals surface area contributed by atoms with Gasteiger partial charge in [0, 0.05) is 12.8 Å². The monoisotopic (exact) mass is 1060 g/mol. The first-order chi connectivity index (χ1) is 37.0. The van der Waals surface area contributed by atoms with Gasteiger partial charge in [0.2, 0.25) is 5.91 Å². The number of nitrogens with one attached hydrogen (secondary N) is 1. The highest BCUT2D eigenvalue weighted by atomic mass is 16.5. The number of carbonyl (C=O) groups is 2. The minimum absolute atomic E-state index is 0.00222. The number of aliphatic hydroxyl groups is 2. The Morgan fingerprint density at radius 1 is 0.360 bits per heavy atom. The Kier molecular flexibility index (Phi) is 63.4. The van der Waals surface area contributed by atoms with Crippen LogP contribution in [0.5, 0.6) is 0 Å². The Balaban J connectivity index is 3.42. The van der Waals surface area contributed by atoms with Crippen molar-refractivity contribution in [1.29, 1.82) is 0 Å². The molecule has 6 nitrogen and oxygen atoms in total. The second-order valence-corrected chi connectivity index (χ2v) is 23.5. The fourth-order valence-corrected chi connectivity index (χ4v) is 10.7. The van der Waals surface area contributed by atoms with Crippen LogP contribution >= 0.6 is 0 Å². The van der Waals surface area contributed by atoms with Crippen molar-refractivity contribution in [3.63, 3.8) is 0 Å². The van der Waals surface area contributed by atoms with Crippen molar-refractivity contribution in [2.75, 3.05) is 13.2 Å². The summed E-state index contributed by atoms with van der Waals surface area (Å²) in [4.78, 5) is 24.6. The molecule has 0 aromatic rings. The number of esters is 1. The van der Waals surface area contributed by atoms with Crippen molar-refractivity contribution < 1.29 is 24.5 Å². The molecule has 0 aliphatic rings. The minimum Gasteiger partial charge on any atom is -0.466 e. The average Bonchev–Trinajstić information content (AvgIpc) is 3.41. The summed E-state index contributed by atoms with van der Waals surface area (Å²) in [6.45, 7) is 4.97. The van der Waals surface area contributed by atoms with Crippen LogP contribution in [0.25, 0.3) is 0 Å². The van der Waals surface area contributed by atoms with E-state index in [2.05, 4.69) is 43.5 Å². The number of aliphatic hydroxyl groups excluding tert-OH is 2. The van der Waals surface area contributed by atoms with Crippen LogP contribution in [0.4, 0.5) is 0 Å². The highest BCUT2D eigenvalue weighted by Crippen LogP contribution is 2.18. The first-order valence-electron chi connectivity index (χ1n) is 34.1. The number of ether oxygens (including phenoxy) is 1. The van der Waals surface area contributed by atoms with Crippen LogP contribution in [-0.4, -0.2) is 47.4 Å². The molecular weight excluding hydrogens is 923 g/mol. The van der Waals surface area contributed by atoms with Crippen molar-refractivity contribution in [3.8, 4) is 0 Å². The van der Waals surface area contributed by atoms with Crippen LogP contribution in [0.2, 0.25) is 0 Å². The number of hydrogen-bond donors (Lipinski definition) is 3. The van der Waals surface area contributed by atoms with E-state index in [1.54, 1.807) is 0 Å². The van der Waals surface area contributed by atoms with Gasteiger partial charge < -0.3 is 20.3 Å². The molecule has 0 fully saturated rings. The first kappa shape index (κ1) is 73.3. The van der Waals surface area contributed by atoms with Gasteiger partial charge in [-0.05, 0) is 77.0 Å². The molecule has 0 aliphatic carbocycles. The lowest BCUT2D eigenvalue weighted by atomic mass is 10.0. The van der Waals surface area contributed by atoms with Crippen molar-refractivity contribution in [1.82, 2.24) is 5.32 Å². The predicted octanol–water partition coefficient (Wildman–Crippen LogP) is 21.8. The topological polar surface area (TPSA) is 95.9 Å². The number of rotatable bonds is 64. The number of carbonyl (C=O) groups excluding carboxylic acids is 2. The highest BCUT2D eigenvalue weighted by Gasteiger charge is 2.20. The quantitative estimate of drug-likeness (QED) is 0.0320. The summed E-state index contributed by atoms with van der Waals surface area (Å²) in [7, 11) is 0. The lowest BCUT2D eigenvalue weighted by Gasteiger charge is -2.22. The Hall–Kier alpha value is -1.66. The fourth-order valence-electron chi connectivity index (χ4n) is 10.7. The van der Waals surface area contributed by atoms with Gasteiger partial charge in [-0.25, -0.2) is 0 Å². The molecule has 3 N–H and O–H groups in total. The van der Waals surface area contributed by atoms with Gasteiger partial charge in [0.15, 0.2) is 0 Å². The zero-order chi connectivity index (χ0) is 54.3. The largest absolute Gasteiger partial charge is 0.466 e. The summed E-state index contributed by atoms with van der Waals surface area (Å²) in [5.41, 5.74) is 0. The van der Waals surface area contributed by atoms with Crippen LogP contribution in [0.3, 0.4) is 0 Å². The van der Waals surface area contributed by atoms with Crippen LogP contribution in [-0.2, 0) is 14.3 Å². The van der Waals surface area contributed by atoms with Crippen LogP contribution in [0.1, 0.15) is 380 Å². The van der Waals surface area contributed by atoms with Gasteiger partial charge in [-0.15, -0.1) is 0 Å². The SMILES string of the molecule is CCCCCCC/C=C\CCCCCCCC(=O)OCCCCCCCCCCCCC/C=C\CCCCCCCCCC(=O)NC(CO)C(O)CCCCCCCCCCCCCCCCCCCCCCCC. The molecule has 444 valence electrons. The van der Waals surface area contributed by atoms with E-state index in [1.807, 2.05) is 0 Å². The fraction of sp³-hybridized carbons (Fsp3) is 0.913. The summed E-state index contributed by atoms with van der Waals surface area (Å²) >= 11 is 0. The van der Waals surface area contributed by atoms with Crippen molar-refractivity contribution in [3.05, 3.63) is 24.3 Å². The predicted molar refractivity (Wildman–Crippen MR) is 329 cm³/mol. The van der Waals surface area contributed by atoms with Crippen LogP contribution < -0.4 is 5.32 Å². The molecule has 0 bridgehead atoms. The second-order valence-electron chi connectivity index (χ2n) is 23.5. The van der Waals surface area contributed by atoms with Gasteiger partial charge in [0.1, 0.15) is 0 Å². The molecule has 0 aromatic carbocycles. The molecule has 0 aromatic heterocycles. The number of hydrogen-bond acceptors (Lipinski definition) is 5. The second kappa shape index (κ2) is 64.9. The van der Waals surface area contributed by atoms with Crippen LogP contribution in [0, 0.1) is 0 Å². The summed E-state index contributed by atoms with van der Waals surface area (Å²) in [5.74, 6) is -0.0358. The Morgan fingerprint density at radius 2 is 0.627 bits per heavy atom. The van der Waals surface area contributed by atoms with Gasteiger partial charge in [-0.3, -0.25) is 9.59 Å². The third-order valence-electron chi connectivity index (χ3n) is 16.0. The standard InChI is InChI=1S/C69H133NO5/c1-3-5-7-9-11-13-15-17-19-20-21-22-25-28-31-34-37-41-45-49-53-57-61-67(72)66(65-71)70-68(73)62-58-54-50-46-42-38-35-32-29-26-23-24-27-30-33-36-40-44-48-52-56-60-64-75-69(74)63-59-55-51-47-43-39-18-16-14-12-10-8-6-4-2/h16,18,26,29,66-67,71-72H,3-15,17,19-25,27-28,30-65H2,1-2H3,(H,70,73)/b18-16-,29-26-. The maximum absolute atomic E-state index is 12.5. The zero-order valence-corrected chi connectivity index (χ0v) is 50.8. The molecule has 6 heteroatoms. The summed E-state index contributed by atoms with van der Waals surface area (Å²) < 4.78 is 5.48. The number of unbranched alkanes of at least 4 members (excludes halogenated alkanes) is 49. The first-order valence-corrected chi connectivity index (χ1v) is 34.1. The molecule has 2 atom stereocenters. The van der Waals surface area contributed by atoms with Crippen molar-refractivity contribution in [2.45, 2.75) is 392 Å². The average molecular weight is 1060 g/mol. The third kappa shape index (κ3) is 61.4. The van der Waals surface area contributed by atoms with Gasteiger partial charge in [0.25, 0.3) is 0 Å². The zero-order valence-electron chi connectivity index (χ0n) is 50.8. The molecule has 0 spiro atoms. The molecule has 2 unspecified atom stereocenters. The van der Waals surface area contributed by atoms with E-state index in [9.17, 15) is 19.8 Å². The Bertz CT molecular complexity index is 1170. The number of allylic oxidation sites excluding steroid dienone is 4. The lowest BCUT2D eigenvalue weighted by molar-refractivity contribution is -0.143. The smallest absolute Gasteiger partial charge is 0.305 e. The molecule has 0 radical (unpaired) electrons. The summed E-state index contributed by atoms with van der Waals surface area (Å²) in [6.07, 6.45) is 80.6. The molecule has 0 rings (SSSR count). The minimum atomic E-state index is -0.670. The van der Waals surface area contributed by atoms with E-state index in [4.69, 9.17) is 4.74 Å². The van der Waals surface area contributed by atoms with Crippen molar-refractivity contribution >= 4 is 11.9 Å². The van der Waals surface area contributed by atoms with E-state index >= 15 is 0 Å².